The molecule has 0 spiro atoms. The van der Waals surface area contributed by atoms with Gasteiger partial charge in [-0.3, -0.25) is 4.79 Å². The molecular formula is C22H25N3OS. The molecule has 0 saturated heterocycles. The molecule has 1 atom stereocenters. The van der Waals surface area contributed by atoms with E-state index in [0.717, 1.165) is 41.2 Å². The molecule has 4 nitrogen and oxygen atoms in total. The van der Waals surface area contributed by atoms with Crippen LogP contribution in [0.4, 0.5) is 5.69 Å². The van der Waals surface area contributed by atoms with Gasteiger partial charge in [-0.15, -0.1) is 11.8 Å². The summed E-state index contributed by atoms with van der Waals surface area (Å²) in [7, 11) is 0. The van der Waals surface area contributed by atoms with Crippen molar-refractivity contribution in [3.05, 3.63) is 52.2 Å². The molecule has 5 heteroatoms. The van der Waals surface area contributed by atoms with E-state index in [4.69, 9.17) is 4.98 Å². The van der Waals surface area contributed by atoms with Gasteiger partial charge in [-0.05, 0) is 62.3 Å². The standard InChI is InChI=1S/C22H25N3OS/c1-14-4-6-19(16(3)10-14)24-21(26)8-9-27-22-18(13-23)12-17-11-15(2)5-7-20(17)25-22/h4,6,10,12,15H,5,7-9,11H2,1-3H3,(H,24,26). The zero-order chi connectivity index (χ0) is 19.4. The minimum atomic E-state index is -0.0141. The molecule has 2 aromatic rings. The van der Waals surface area contributed by atoms with Gasteiger partial charge in [-0.2, -0.15) is 5.26 Å². The Balaban J connectivity index is 1.60. The van der Waals surface area contributed by atoms with E-state index in [1.807, 2.05) is 32.0 Å². The van der Waals surface area contributed by atoms with Crippen molar-refractivity contribution in [2.45, 2.75) is 51.5 Å². The van der Waals surface area contributed by atoms with Gasteiger partial charge >= 0.3 is 0 Å². The number of hydrogen-bond acceptors (Lipinski definition) is 4. The zero-order valence-corrected chi connectivity index (χ0v) is 16.9. The lowest BCUT2D eigenvalue weighted by molar-refractivity contribution is -0.115. The normalized spacial score (nSPS) is 15.7. The van der Waals surface area contributed by atoms with Crippen molar-refractivity contribution in [1.82, 2.24) is 4.98 Å². The zero-order valence-electron chi connectivity index (χ0n) is 16.1. The summed E-state index contributed by atoms with van der Waals surface area (Å²) < 4.78 is 0. The molecule has 27 heavy (non-hydrogen) atoms. The van der Waals surface area contributed by atoms with Crippen molar-refractivity contribution in [2.24, 2.45) is 5.92 Å². The van der Waals surface area contributed by atoms with Gasteiger partial charge in [0.15, 0.2) is 0 Å². The molecule has 1 amide bonds. The van der Waals surface area contributed by atoms with Crippen LogP contribution in [0.15, 0.2) is 29.3 Å². The first-order chi connectivity index (χ1) is 13.0. The number of thioether (sulfide) groups is 1. The van der Waals surface area contributed by atoms with Crippen LogP contribution < -0.4 is 5.32 Å². The molecule has 1 N–H and O–H groups in total. The number of nitrogens with one attached hydrogen (secondary N) is 1. The first kappa shape index (κ1) is 19.4. The quantitative estimate of drug-likeness (QED) is 0.757. The molecule has 3 rings (SSSR count). The molecule has 1 aliphatic carbocycles. The Bertz CT molecular complexity index is 901. The molecule has 1 unspecified atom stereocenters. The number of carbonyl (C=O) groups excluding carboxylic acids is 1. The highest BCUT2D eigenvalue weighted by atomic mass is 32.2. The summed E-state index contributed by atoms with van der Waals surface area (Å²) in [6, 6.07) is 10.3. The third-order valence-electron chi connectivity index (χ3n) is 4.94. The number of anilines is 1. The van der Waals surface area contributed by atoms with Gasteiger partial charge in [0, 0.05) is 23.6 Å². The number of rotatable bonds is 5. The maximum atomic E-state index is 12.3. The molecule has 1 aromatic carbocycles. The summed E-state index contributed by atoms with van der Waals surface area (Å²) >= 11 is 1.50. The Morgan fingerprint density at radius 1 is 1.37 bits per heavy atom. The number of fused-ring (bicyclic) bond motifs is 1. The van der Waals surface area contributed by atoms with Crippen LogP contribution in [0.5, 0.6) is 0 Å². The lowest BCUT2D eigenvalue weighted by Crippen LogP contribution is -2.15. The average molecular weight is 380 g/mol. The summed E-state index contributed by atoms with van der Waals surface area (Å²) in [5.41, 5.74) is 6.06. The predicted octanol–water partition coefficient (Wildman–Crippen LogP) is 4.82. The molecule has 0 radical (unpaired) electrons. The number of pyridine rings is 1. The van der Waals surface area contributed by atoms with E-state index in [0.29, 0.717) is 23.7 Å². The van der Waals surface area contributed by atoms with Crippen LogP contribution in [0.1, 0.15) is 47.7 Å². The van der Waals surface area contributed by atoms with E-state index < -0.39 is 0 Å². The molecule has 0 fully saturated rings. The summed E-state index contributed by atoms with van der Waals surface area (Å²) in [4.78, 5) is 17.0. The summed E-state index contributed by atoms with van der Waals surface area (Å²) in [5, 5.41) is 13.2. The largest absolute Gasteiger partial charge is 0.326 e. The van der Waals surface area contributed by atoms with Crippen LogP contribution in [-0.2, 0) is 17.6 Å². The van der Waals surface area contributed by atoms with Gasteiger partial charge in [0.2, 0.25) is 5.91 Å². The second kappa shape index (κ2) is 8.58. The highest BCUT2D eigenvalue weighted by molar-refractivity contribution is 7.99. The van der Waals surface area contributed by atoms with Gasteiger partial charge in [0.05, 0.1) is 5.56 Å². The molecular weight excluding hydrogens is 354 g/mol. The van der Waals surface area contributed by atoms with Crippen LogP contribution in [0, 0.1) is 31.1 Å². The molecule has 1 aliphatic rings. The minimum absolute atomic E-state index is 0.0141. The highest BCUT2D eigenvalue weighted by Crippen LogP contribution is 2.29. The van der Waals surface area contributed by atoms with Gasteiger partial charge in [-0.1, -0.05) is 24.6 Å². The number of aryl methyl sites for hydroxylation is 3. The van der Waals surface area contributed by atoms with E-state index in [9.17, 15) is 10.1 Å². The molecule has 0 aliphatic heterocycles. The number of amides is 1. The van der Waals surface area contributed by atoms with Crippen molar-refractivity contribution < 1.29 is 4.79 Å². The Morgan fingerprint density at radius 2 is 2.19 bits per heavy atom. The lowest BCUT2D eigenvalue weighted by Gasteiger charge is -2.21. The number of carbonyl (C=O) groups is 1. The van der Waals surface area contributed by atoms with E-state index in [1.165, 1.54) is 22.9 Å². The predicted molar refractivity (Wildman–Crippen MR) is 110 cm³/mol. The third-order valence-corrected chi connectivity index (χ3v) is 5.94. The first-order valence-electron chi connectivity index (χ1n) is 9.39. The maximum Gasteiger partial charge on any atom is 0.225 e. The SMILES string of the molecule is Cc1ccc(NC(=O)CCSc2nc3c(cc2C#N)CC(C)CC3)c(C)c1. The fourth-order valence-electron chi connectivity index (χ4n) is 3.42. The van der Waals surface area contributed by atoms with Crippen LogP contribution >= 0.6 is 11.8 Å². The Morgan fingerprint density at radius 3 is 2.93 bits per heavy atom. The molecule has 1 aromatic heterocycles. The van der Waals surface area contributed by atoms with Crippen molar-refractivity contribution in [1.29, 1.82) is 5.26 Å². The highest BCUT2D eigenvalue weighted by Gasteiger charge is 2.19. The average Bonchev–Trinajstić information content (AvgIpc) is 2.63. The fourth-order valence-corrected chi connectivity index (χ4v) is 4.34. The number of nitriles is 1. The number of nitrogens with zero attached hydrogens (tertiary/aromatic N) is 2. The maximum absolute atomic E-state index is 12.3. The van der Waals surface area contributed by atoms with Crippen molar-refractivity contribution in [2.75, 3.05) is 11.1 Å². The van der Waals surface area contributed by atoms with E-state index in [-0.39, 0.29) is 5.91 Å². The van der Waals surface area contributed by atoms with Crippen LogP contribution in [0.3, 0.4) is 0 Å². The second-order valence-corrected chi connectivity index (χ2v) is 8.46. The van der Waals surface area contributed by atoms with Gasteiger partial charge in [0.25, 0.3) is 0 Å². The van der Waals surface area contributed by atoms with Gasteiger partial charge in [-0.25, -0.2) is 4.98 Å². The number of benzene rings is 1. The van der Waals surface area contributed by atoms with Gasteiger partial charge < -0.3 is 5.32 Å². The Kier molecular flexibility index (Phi) is 6.18. The molecule has 140 valence electrons. The van der Waals surface area contributed by atoms with Crippen molar-refractivity contribution in [3.8, 4) is 6.07 Å². The summed E-state index contributed by atoms with van der Waals surface area (Å²) in [6.45, 7) is 6.27. The third kappa shape index (κ3) is 4.90. The van der Waals surface area contributed by atoms with E-state index in [2.05, 4.69) is 24.4 Å². The fraction of sp³-hybridized carbons (Fsp3) is 0.409. The van der Waals surface area contributed by atoms with Crippen molar-refractivity contribution in [3.63, 3.8) is 0 Å². The monoisotopic (exact) mass is 379 g/mol. The molecule has 1 heterocycles. The second-order valence-electron chi connectivity index (χ2n) is 7.37. The number of hydrogen-bond donors (Lipinski definition) is 1. The smallest absolute Gasteiger partial charge is 0.225 e. The van der Waals surface area contributed by atoms with Crippen LogP contribution in [-0.4, -0.2) is 16.6 Å². The topological polar surface area (TPSA) is 65.8 Å². The minimum Gasteiger partial charge on any atom is -0.326 e. The van der Waals surface area contributed by atoms with Crippen LogP contribution in [0.25, 0.3) is 0 Å². The van der Waals surface area contributed by atoms with E-state index >= 15 is 0 Å². The van der Waals surface area contributed by atoms with Gasteiger partial charge in [0.1, 0.15) is 11.1 Å². The Labute approximate surface area is 165 Å². The lowest BCUT2D eigenvalue weighted by atomic mass is 9.87. The van der Waals surface area contributed by atoms with Crippen LogP contribution in [0.2, 0.25) is 0 Å². The van der Waals surface area contributed by atoms with E-state index in [1.54, 1.807) is 0 Å². The van der Waals surface area contributed by atoms with Crippen molar-refractivity contribution >= 4 is 23.4 Å². The first-order valence-corrected chi connectivity index (χ1v) is 10.4. The molecule has 0 bridgehead atoms. The number of aromatic nitrogens is 1. The summed E-state index contributed by atoms with van der Waals surface area (Å²) in [6.07, 6.45) is 3.51. The molecule has 0 saturated carbocycles. The Hall–Kier alpha value is -2.32. The summed E-state index contributed by atoms with van der Waals surface area (Å²) in [5.74, 6) is 1.24.